The summed E-state index contributed by atoms with van der Waals surface area (Å²) in [5, 5.41) is 14.5. The first-order valence-corrected chi connectivity index (χ1v) is 10.6. The summed E-state index contributed by atoms with van der Waals surface area (Å²) in [5.74, 6) is 1.55. The topological polar surface area (TPSA) is 79.4 Å². The van der Waals surface area contributed by atoms with Crippen molar-refractivity contribution in [2.24, 2.45) is 0 Å². The Balaban J connectivity index is 1.38. The lowest BCUT2D eigenvalue weighted by atomic mass is 10.1. The minimum Gasteiger partial charge on any atom is -0.495 e. The van der Waals surface area contributed by atoms with Crippen LogP contribution in [0.15, 0.2) is 60.7 Å². The summed E-state index contributed by atoms with van der Waals surface area (Å²) in [6.45, 7) is 2.09. The summed E-state index contributed by atoms with van der Waals surface area (Å²) in [6, 6.07) is 18.5. The number of carbonyl (C=O) groups is 1. The summed E-state index contributed by atoms with van der Waals surface area (Å²) in [7, 11) is 1.57. The predicted octanol–water partition coefficient (Wildman–Crippen LogP) is 5.18. The first-order chi connectivity index (χ1) is 15.2. The van der Waals surface area contributed by atoms with E-state index in [1.54, 1.807) is 19.2 Å². The van der Waals surface area contributed by atoms with Crippen molar-refractivity contribution in [3.63, 3.8) is 0 Å². The van der Waals surface area contributed by atoms with Crippen LogP contribution >= 0.6 is 0 Å². The molecular weight excluding hydrogens is 390 g/mol. The van der Waals surface area contributed by atoms with E-state index in [0.29, 0.717) is 17.1 Å². The Labute approximate surface area is 182 Å². The van der Waals surface area contributed by atoms with Crippen LogP contribution in [-0.4, -0.2) is 36.4 Å². The summed E-state index contributed by atoms with van der Waals surface area (Å²) in [4.78, 5) is 14.6. The molecule has 2 amide bonds. The van der Waals surface area contributed by atoms with Gasteiger partial charge < -0.3 is 20.3 Å². The van der Waals surface area contributed by atoms with Crippen molar-refractivity contribution in [1.82, 2.24) is 10.2 Å². The number of carbonyl (C=O) groups excluding carboxylic acids is 1. The third-order valence-corrected chi connectivity index (χ3v) is 5.37. The van der Waals surface area contributed by atoms with Crippen molar-refractivity contribution in [3.8, 4) is 17.0 Å². The quantitative estimate of drug-likeness (QED) is 0.598. The maximum atomic E-state index is 12.3. The molecule has 0 bridgehead atoms. The van der Waals surface area contributed by atoms with E-state index in [0.717, 1.165) is 30.2 Å². The lowest BCUT2D eigenvalue weighted by Gasteiger charge is -2.20. The molecule has 1 aromatic heterocycles. The fraction of sp³-hybridized carbons (Fsp3) is 0.292. The van der Waals surface area contributed by atoms with Gasteiger partial charge in [-0.05, 0) is 49.2 Å². The molecule has 0 atom stereocenters. The van der Waals surface area contributed by atoms with Crippen LogP contribution in [-0.2, 0) is 0 Å². The van der Waals surface area contributed by atoms with E-state index < -0.39 is 0 Å². The molecule has 0 spiro atoms. The number of anilines is 3. The molecule has 1 aliphatic heterocycles. The van der Waals surface area contributed by atoms with E-state index in [1.807, 2.05) is 48.5 Å². The van der Waals surface area contributed by atoms with Gasteiger partial charge in [0.2, 0.25) is 0 Å². The van der Waals surface area contributed by atoms with Crippen molar-refractivity contribution in [2.75, 3.05) is 35.7 Å². The molecule has 160 valence electrons. The zero-order chi connectivity index (χ0) is 21.5. The molecule has 7 nitrogen and oxygen atoms in total. The second-order valence-corrected chi connectivity index (χ2v) is 7.53. The minimum atomic E-state index is -0.334. The smallest absolute Gasteiger partial charge is 0.323 e. The number of urea groups is 1. The summed E-state index contributed by atoms with van der Waals surface area (Å²) >= 11 is 0. The second-order valence-electron chi connectivity index (χ2n) is 7.53. The fourth-order valence-corrected chi connectivity index (χ4v) is 3.70. The number of methoxy groups -OCH3 is 1. The van der Waals surface area contributed by atoms with E-state index in [-0.39, 0.29) is 6.03 Å². The molecule has 4 rings (SSSR count). The maximum Gasteiger partial charge on any atom is 0.323 e. The Hall–Kier alpha value is -3.61. The van der Waals surface area contributed by atoms with Crippen LogP contribution in [0.2, 0.25) is 0 Å². The van der Waals surface area contributed by atoms with Gasteiger partial charge in [-0.2, -0.15) is 0 Å². The highest BCUT2D eigenvalue weighted by atomic mass is 16.5. The number of nitrogens with zero attached hydrogens (tertiary/aromatic N) is 3. The van der Waals surface area contributed by atoms with E-state index >= 15 is 0 Å². The van der Waals surface area contributed by atoms with Gasteiger partial charge in [-0.25, -0.2) is 4.79 Å². The van der Waals surface area contributed by atoms with Gasteiger partial charge in [0, 0.05) is 24.3 Å². The monoisotopic (exact) mass is 417 g/mol. The summed E-state index contributed by atoms with van der Waals surface area (Å²) < 4.78 is 5.26. The van der Waals surface area contributed by atoms with Crippen LogP contribution in [0.3, 0.4) is 0 Å². The van der Waals surface area contributed by atoms with Crippen LogP contribution in [0.25, 0.3) is 11.3 Å². The largest absolute Gasteiger partial charge is 0.495 e. The lowest BCUT2D eigenvalue weighted by molar-refractivity contribution is 0.262. The fourth-order valence-electron chi connectivity index (χ4n) is 3.70. The number of para-hydroxylation sites is 2. The number of amides is 2. The van der Waals surface area contributed by atoms with Crippen LogP contribution in [0.4, 0.5) is 22.0 Å². The van der Waals surface area contributed by atoms with Gasteiger partial charge in [-0.15, -0.1) is 10.2 Å². The van der Waals surface area contributed by atoms with Gasteiger partial charge >= 0.3 is 6.03 Å². The molecule has 2 N–H and O–H groups in total. The zero-order valence-electron chi connectivity index (χ0n) is 17.7. The van der Waals surface area contributed by atoms with Gasteiger partial charge in [0.05, 0.1) is 18.5 Å². The van der Waals surface area contributed by atoms with Gasteiger partial charge in [-0.1, -0.05) is 37.1 Å². The lowest BCUT2D eigenvalue weighted by Crippen LogP contribution is -2.25. The highest BCUT2D eigenvalue weighted by molar-refractivity contribution is 6.00. The van der Waals surface area contributed by atoms with Crippen LogP contribution in [0.5, 0.6) is 5.75 Å². The molecule has 0 radical (unpaired) electrons. The Morgan fingerprint density at radius 2 is 1.61 bits per heavy atom. The number of rotatable bonds is 5. The van der Waals surface area contributed by atoms with E-state index in [9.17, 15) is 4.79 Å². The Morgan fingerprint density at radius 3 is 2.29 bits per heavy atom. The maximum absolute atomic E-state index is 12.3. The van der Waals surface area contributed by atoms with Crippen LogP contribution in [0, 0.1) is 0 Å². The molecule has 3 aromatic rings. The molecule has 1 aliphatic rings. The van der Waals surface area contributed by atoms with Crippen molar-refractivity contribution in [3.05, 3.63) is 60.7 Å². The van der Waals surface area contributed by atoms with Gasteiger partial charge in [0.15, 0.2) is 5.82 Å². The van der Waals surface area contributed by atoms with Crippen molar-refractivity contribution < 1.29 is 9.53 Å². The highest BCUT2D eigenvalue weighted by Gasteiger charge is 2.12. The van der Waals surface area contributed by atoms with Gasteiger partial charge in [0.25, 0.3) is 0 Å². The molecule has 0 unspecified atom stereocenters. The molecule has 0 saturated carbocycles. The standard InChI is InChI=1S/C24H27N5O2/c1-31-22-9-5-4-8-21(22)26-24(30)25-19-12-10-18(11-13-19)20-14-15-23(28-27-20)29-16-6-2-3-7-17-29/h4-5,8-15H,2-3,6-7,16-17H2,1H3,(H2,25,26,30). The van der Waals surface area contributed by atoms with Crippen LogP contribution < -0.4 is 20.3 Å². The number of nitrogens with one attached hydrogen (secondary N) is 2. The average molecular weight is 418 g/mol. The summed E-state index contributed by atoms with van der Waals surface area (Å²) in [5.41, 5.74) is 3.05. The molecule has 0 aliphatic carbocycles. The van der Waals surface area contributed by atoms with Crippen molar-refractivity contribution >= 4 is 23.2 Å². The first-order valence-electron chi connectivity index (χ1n) is 10.6. The first kappa shape index (κ1) is 20.7. The van der Waals surface area contributed by atoms with E-state index in [2.05, 4.69) is 25.7 Å². The third kappa shape index (κ3) is 5.31. The Bertz CT molecular complexity index is 997. The van der Waals surface area contributed by atoms with Gasteiger partial charge in [-0.3, -0.25) is 0 Å². The molecule has 2 aromatic carbocycles. The number of ether oxygens (including phenoxy) is 1. The molecule has 7 heteroatoms. The SMILES string of the molecule is COc1ccccc1NC(=O)Nc1ccc(-c2ccc(N3CCCCCC3)nn2)cc1. The number of aromatic nitrogens is 2. The Kier molecular flexibility index (Phi) is 6.62. The highest BCUT2D eigenvalue weighted by Crippen LogP contribution is 2.24. The van der Waals surface area contributed by atoms with E-state index in [4.69, 9.17) is 4.74 Å². The molecule has 31 heavy (non-hydrogen) atoms. The van der Waals surface area contributed by atoms with Crippen molar-refractivity contribution in [2.45, 2.75) is 25.7 Å². The molecule has 1 fully saturated rings. The third-order valence-electron chi connectivity index (χ3n) is 5.37. The zero-order valence-corrected chi connectivity index (χ0v) is 17.7. The Morgan fingerprint density at radius 1 is 0.871 bits per heavy atom. The van der Waals surface area contributed by atoms with Gasteiger partial charge in [0.1, 0.15) is 5.75 Å². The minimum absolute atomic E-state index is 0.334. The van der Waals surface area contributed by atoms with Crippen LogP contribution in [0.1, 0.15) is 25.7 Å². The second kappa shape index (κ2) is 9.93. The van der Waals surface area contributed by atoms with Crippen molar-refractivity contribution in [1.29, 1.82) is 0 Å². The average Bonchev–Trinajstić information content (AvgIpc) is 3.10. The molecular formula is C24H27N5O2. The number of hydrogen-bond acceptors (Lipinski definition) is 5. The summed E-state index contributed by atoms with van der Waals surface area (Å²) in [6.07, 6.45) is 5.00. The number of hydrogen-bond donors (Lipinski definition) is 2. The normalized spacial score (nSPS) is 13.9. The predicted molar refractivity (Wildman–Crippen MR) is 124 cm³/mol. The molecule has 1 saturated heterocycles. The number of benzene rings is 2. The van der Waals surface area contributed by atoms with E-state index in [1.165, 1.54) is 25.7 Å². The molecule has 2 heterocycles.